The zero-order chi connectivity index (χ0) is 12.3. The van der Waals surface area contributed by atoms with Crippen molar-refractivity contribution in [2.24, 2.45) is 5.73 Å². The molecule has 1 heterocycles. The predicted molar refractivity (Wildman–Crippen MR) is 71.5 cm³/mol. The lowest BCUT2D eigenvalue weighted by molar-refractivity contribution is 0.183. The molecule has 3 nitrogen and oxygen atoms in total. The number of hydrogen-bond acceptors (Lipinski definition) is 3. The molecule has 1 aromatic rings. The lowest BCUT2D eigenvalue weighted by Gasteiger charge is -2.26. The fraction of sp³-hybridized carbons (Fsp3) is 0.538. The second-order valence-corrected chi connectivity index (χ2v) is 5.28. The van der Waals surface area contributed by atoms with Crippen LogP contribution < -0.4 is 10.6 Å². The highest BCUT2D eigenvalue weighted by atomic mass is 35.5. The van der Waals surface area contributed by atoms with Crippen molar-refractivity contribution in [3.05, 3.63) is 29.3 Å². The maximum Gasteiger partial charge on any atom is 0.0611 e. The Morgan fingerprint density at radius 1 is 1.35 bits per heavy atom. The number of hydrogen-bond donors (Lipinski definition) is 2. The predicted octanol–water partition coefficient (Wildman–Crippen LogP) is 2.02. The van der Waals surface area contributed by atoms with E-state index in [0.717, 1.165) is 43.1 Å². The molecule has 1 aromatic carbocycles. The molecule has 1 aliphatic rings. The van der Waals surface area contributed by atoms with Crippen LogP contribution in [0.1, 0.15) is 19.3 Å². The van der Waals surface area contributed by atoms with Gasteiger partial charge in [0.1, 0.15) is 0 Å². The van der Waals surface area contributed by atoms with Gasteiger partial charge in [-0.3, -0.25) is 0 Å². The molecule has 0 bridgehead atoms. The number of benzene rings is 1. The minimum absolute atomic E-state index is 0.0659. The molecule has 1 unspecified atom stereocenters. The molecule has 2 rings (SSSR count). The number of aliphatic hydroxyl groups excluding tert-OH is 1. The molecule has 0 spiro atoms. The molecule has 0 aliphatic carbocycles. The fourth-order valence-electron chi connectivity index (χ4n) is 2.31. The smallest absolute Gasteiger partial charge is 0.0611 e. The molecule has 94 valence electrons. The highest BCUT2D eigenvalue weighted by molar-refractivity contribution is 6.30. The summed E-state index contributed by atoms with van der Waals surface area (Å²) in [5, 5.41) is 10.1. The molecule has 0 saturated carbocycles. The van der Waals surface area contributed by atoms with Crippen molar-refractivity contribution in [2.45, 2.75) is 24.8 Å². The summed E-state index contributed by atoms with van der Waals surface area (Å²) >= 11 is 6.00. The molecule has 1 atom stereocenters. The van der Waals surface area contributed by atoms with Crippen LogP contribution in [0.25, 0.3) is 0 Å². The summed E-state index contributed by atoms with van der Waals surface area (Å²) in [6, 6.07) is 7.88. The third kappa shape index (κ3) is 3.12. The van der Waals surface area contributed by atoms with Gasteiger partial charge >= 0.3 is 0 Å². The van der Waals surface area contributed by atoms with Gasteiger partial charge in [-0.05, 0) is 37.5 Å². The zero-order valence-electron chi connectivity index (χ0n) is 9.90. The van der Waals surface area contributed by atoms with Crippen LogP contribution in [-0.2, 0) is 0 Å². The minimum atomic E-state index is -0.409. The van der Waals surface area contributed by atoms with E-state index in [9.17, 15) is 5.11 Å². The molecule has 1 saturated heterocycles. The average molecular weight is 255 g/mol. The third-order valence-corrected chi connectivity index (χ3v) is 3.71. The largest absolute Gasteiger partial charge is 0.394 e. The second kappa shape index (κ2) is 5.25. The van der Waals surface area contributed by atoms with Gasteiger partial charge in [-0.1, -0.05) is 17.7 Å². The SMILES string of the molecule is NC1(CO)CCCN(c2cccc(Cl)c2)CC1. The summed E-state index contributed by atoms with van der Waals surface area (Å²) in [6.07, 6.45) is 2.69. The summed E-state index contributed by atoms with van der Waals surface area (Å²) < 4.78 is 0. The standard InChI is InChI=1S/C13H19ClN2O/c14-11-3-1-4-12(9-11)16-7-2-5-13(15,10-17)6-8-16/h1,3-4,9,17H,2,5-8,10,15H2. The lowest BCUT2D eigenvalue weighted by atomic mass is 9.93. The van der Waals surface area contributed by atoms with Gasteiger partial charge in [0, 0.05) is 29.3 Å². The van der Waals surface area contributed by atoms with Crippen molar-refractivity contribution in [2.75, 3.05) is 24.6 Å². The first-order valence-electron chi connectivity index (χ1n) is 6.03. The highest BCUT2D eigenvalue weighted by Crippen LogP contribution is 2.25. The summed E-state index contributed by atoms with van der Waals surface area (Å²) in [5.41, 5.74) is 6.86. The van der Waals surface area contributed by atoms with E-state index in [0.29, 0.717) is 0 Å². The summed E-state index contributed by atoms with van der Waals surface area (Å²) in [4.78, 5) is 2.29. The molecule has 0 aromatic heterocycles. The quantitative estimate of drug-likeness (QED) is 0.849. The molecule has 4 heteroatoms. The lowest BCUT2D eigenvalue weighted by Crippen LogP contribution is -2.44. The molecule has 0 amide bonds. The minimum Gasteiger partial charge on any atom is -0.394 e. The summed E-state index contributed by atoms with van der Waals surface area (Å²) in [5.74, 6) is 0. The van der Waals surface area contributed by atoms with E-state index >= 15 is 0 Å². The number of halogens is 1. The number of anilines is 1. The van der Waals surface area contributed by atoms with E-state index in [2.05, 4.69) is 11.0 Å². The van der Waals surface area contributed by atoms with Crippen LogP contribution >= 0.6 is 11.6 Å². The fourth-order valence-corrected chi connectivity index (χ4v) is 2.49. The van der Waals surface area contributed by atoms with Gasteiger partial charge < -0.3 is 15.7 Å². The van der Waals surface area contributed by atoms with E-state index < -0.39 is 5.54 Å². The van der Waals surface area contributed by atoms with Crippen LogP contribution in [-0.4, -0.2) is 30.3 Å². The number of aliphatic hydroxyl groups is 1. The van der Waals surface area contributed by atoms with E-state index in [-0.39, 0.29) is 6.61 Å². The van der Waals surface area contributed by atoms with E-state index in [1.807, 2.05) is 18.2 Å². The first kappa shape index (κ1) is 12.7. The zero-order valence-corrected chi connectivity index (χ0v) is 10.7. The second-order valence-electron chi connectivity index (χ2n) is 4.84. The van der Waals surface area contributed by atoms with Crippen LogP contribution in [0.3, 0.4) is 0 Å². The van der Waals surface area contributed by atoms with Crippen molar-refractivity contribution < 1.29 is 5.11 Å². The van der Waals surface area contributed by atoms with Crippen molar-refractivity contribution in [1.82, 2.24) is 0 Å². The number of rotatable bonds is 2. The molecular formula is C13H19ClN2O. The Balaban J connectivity index is 2.09. The molecule has 3 N–H and O–H groups in total. The summed E-state index contributed by atoms with van der Waals surface area (Å²) in [6.45, 7) is 1.91. The van der Waals surface area contributed by atoms with Crippen molar-refractivity contribution in [1.29, 1.82) is 0 Å². The molecule has 1 aliphatic heterocycles. The normalized spacial score (nSPS) is 25.7. The van der Waals surface area contributed by atoms with Crippen LogP contribution in [0.4, 0.5) is 5.69 Å². The van der Waals surface area contributed by atoms with Crippen molar-refractivity contribution in [3.8, 4) is 0 Å². The van der Waals surface area contributed by atoms with Crippen LogP contribution in [0, 0.1) is 0 Å². The van der Waals surface area contributed by atoms with Crippen LogP contribution in [0.5, 0.6) is 0 Å². The van der Waals surface area contributed by atoms with E-state index in [4.69, 9.17) is 17.3 Å². The molecule has 17 heavy (non-hydrogen) atoms. The van der Waals surface area contributed by atoms with Crippen LogP contribution in [0.15, 0.2) is 24.3 Å². The van der Waals surface area contributed by atoms with Crippen molar-refractivity contribution in [3.63, 3.8) is 0 Å². The van der Waals surface area contributed by atoms with Crippen LogP contribution in [0.2, 0.25) is 5.02 Å². The Labute approximate surface area is 107 Å². The van der Waals surface area contributed by atoms with E-state index in [1.54, 1.807) is 0 Å². The monoisotopic (exact) mass is 254 g/mol. The highest BCUT2D eigenvalue weighted by Gasteiger charge is 2.27. The molecule has 0 radical (unpaired) electrons. The first-order chi connectivity index (χ1) is 8.13. The Morgan fingerprint density at radius 3 is 2.88 bits per heavy atom. The Hall–Kier alpha value is -0.770. The first-order valence-corrected chi connectivity index (χ1v) is 6.41. The summed E-state index contributed by atoms with van der Waals surface area (Å²) in [7, 11) is 0. The van der Waals surface area contributed by atoms with Gasteiger partial charge in [0.15, 0.2) is 0 Å². The number of nitrogens with two attached hydrogens (primary N) is 1. The van der Waals surface area contributed by atoms with Crippen molar-refractivity contribution >= 4 is 17.3 Å². The van der Waals surface area contributed by atoms with Gasteiger partial charge in [0.25, 0.3) is 0 Å². The van der Waals surface area contributed by atoms with Gasteiger partial charge in [-0.25, -0.2) is 0 Å². The Bertz CT molecular complexity index is 385. The maximum atomic E-state index is 9.31. The Kier molecular flexibility index (Phi) is 3.92. The third-order valence-electron chi connectivity index (χ3n) is 3.47. The number of nitrogens with zero attached hydrogens (tertiary/aromatic N) is 1. The van der Waals surface area contributed by atoms with Gasteiger partial charge in [-0.15, -0.1) is 0 Å². The molecule has 1 fully saturated rings. The maximum absolute atomic E-state index is 9.31. The van der Waals surface area contributed by atoms with E-state index in [1.165, 1.54) is 0 Å². The topological polar surface area (TPSA) is 49.5 Å². The van der Waals surface area contributed by atoms with Gasteiger partial charge in [0.2, 0.25) is 0 Å². The van der Waals surface area contributed by atoms with Gasteiger partial charge in [0.05, 0.1) is 6.61 Å². The Morgan fingerprint density at radius 2 is 2.18 bits per heavy atom. The van der Waals surface area contributed by atoms with Gasteiger partial charge in [-0.2, -0.15) is 0 Å². The molecular weight excluding hydrogens is 236 g/mol. The average Bonchev–Trinajstić information content (AvgIpc) is 2.52.